The summed E-state index contributed by atoms with van der Waals surface area (Å²) in [5, 5.41) is 12.9. The maximum absolute atomic E-state index is 13.2. The lowest BCUT2D eigenvalue weighted by Crippen LogP contribution is -2.55. The van der Waals surface area contributed by atoms with Crippen molar-refractivity contribution in [2.24, 2.45) is 16.9 Å². The molecule has 0 aromatic heterocycles. The molecule has 1 unspecified atom stereocenters. The number of ether oxygens (including phenoxy) is 1. The number of allylic oxidation sites excluding steroid dienone is 3. The van der Waals surface area contributed by atoms with Crippen LogP contribution in [0.4, 0.5) is 4.39 Å². The lowest BCUT2D eigenvalue weighted by Gasteiger charge is -2.42. The molecule has 0 spiro atoms. The molecule has 0 saturated carbocycles. The molecule has 5 rings (SSSR count). The van der Waals surface area contributed by atoms with Gasteiger partial charge in [-0.25, -0.2) is 9.40 Å². The van der Waals surface area contributed by atoms with Crippen LogP contribution >= 0.6 is 0 Å². The Labute approximate surface area is 164 Å². The zero-order valence-electron chi connectivity index (χ0n) is 15.9. The van der Waals surface area contributed by atoms with E-state index >= 15 is 0 Å². The first-order valence-electron chi connectivity index (χ1n) is 10.2. The lowest BCUT2D eigenvalue weighted by molar-refractivity contribution is -0.118. The Morgan fingerprint density at radius 3 is 2.79 bits per heavy atom. The standard InChI is InChI=1S/C20H26FN5O2/c21-16-3-1-13(2-4-16)15-10-25(11-15)12-18-23-20(27)17-9-22-19(26(17)24-18)14-5-7-28-8-6-14/h1,3,9,14-15,19,22H,2,4-8,10-12H2,(H,23,24,27). The summed E-state index contributed by atoms with van der Waals surface area (Å²) in [6.45, 7) is 4.02. The van der Waals surface area contributed by atoms with E-state index in [0.29, 0.717) is 36.3 Å². The Bertz CT molecular complexity index is 777. The van der Waals surface area contributed by atoms with Gasteiger partial charge < -0.3 is 15.4 Å². The maximum Gasteiger partial charge on any atom is 0.276 e. The van der Waals surface area contributed by atoms with Crippen LogP contribution in [0, 0.1) is 11.8 Å². The van der Waals surface area contributed by atoms with Gasteiger partial charge in [-0.1, -0.05) is 11.6 Å². The quantitative estimate of drug-likeness (QED) is 0.764. The summed E-state index contributed by atoms with van der Waals surface area (Å²) < 4.78 is 18.6. The van der Waals surface area contributed by atoms with Gasteiger partial charge in [0.05, 0.1) is 6.54 Å². The zero-order valence-corrected chi connectivity index (χ0v) is 15.9. The van der Waals surface area contributed by atoms with Crippen molar-refractivity contribution < 1.29 is 13.9 Å². The van der Waals surface area contributed by atoms with E-state index in [-0.39, 0.29) is 17.9 Å². The van der Waals surface area contributed by atoms with Crippen LogP contribution < -0.4 is 10.6 Å². The molecule has 28 heavy (non-hydrogen) atoms. The van der Waals surface area contributed by atoms with E-state index in [9.17, 15) is 9.18 Å². The average Bonchev–Trinajstić information content (AvgIpc) is 3.11. The molecular formula is C20H26FN5O2. The molecule has 0 radical (unpaired) electrons. The van der Waals surface area contributed by atoms with Gasteiger partial charge in [0.2, 0.25) is 0 Å². The molecule has 4 aliphatic heterocycles. The zero-order chi connectivity index (χ0) is 19.1. The molecule has 1 aliphatic carbocycles. The molecule has 2 saturated heterocycles. The van der Waals surface area contributed by atoms with Crippen LogP contribution in [0.15, 0.2) is 40.6 Å². The van der Waals surface area contributed by atoms with Crippen LogP contribution in [-0.4, -0.2) is 60.7 Å². The average molecular weight is 387 g/mol. The highest BCUT2D eigenvalue weighted by atomic mass is 19.1. The second-order valence-electron chi connectivity index (χ2n) is 8.18. The first-order valence-corrected chi connectivity index (χ1v) is 10.2. The second kappa shape index (κ2) is 7.33. The van der Waals surface area contributed by atoms with Gasteiger partial charge in [0.15, 0.2) is 0 Å². The van der Waals surface area contributed by atoms with Crippen LogP contribution in [0.5, 0.6) is 0 Å². The monoisotopic (exact) mass is 387 g/mol. The molecule has 150 valence electrons. The van der Waals surface area contributed by atoms with Crippen LogP contribution in [0.2, 0.25) is 0 Å². The SMILES string of the molecule is O=C1NC(CN2CC(C3=CC=C(F)CC3)C2)=NN2C1=CNC2C1CCOCC1. The topological polar surface area (TPSA) is 69.2 Å². The van der Waals surface area contributed by atoms with Crippen molar-refractivity contribution in [1.82, 2.24) is 20.5 Å². The molecule has 0 aromatic rings. The van der Waals surface area contributed by atoms with Crippen molar-refractivity contribution in [3.8, 4) is 0 Å². The number of carbonyl (C=O) groups is 1. The third-order valence-electron chi connectivity index (χ3n) is 6.32. The summed E-state index contributed by atoms with van der Waals surface area (Å²) in [5.74, 6) is 1.48. The van der Waals surface area contributed by atoms with Gasteiger partial charge in [0.1, 0.15) is 23.5 Å². The number of fused-ring (bicyclic) bond motifs is 1. The minimum absolute atomic E-state index is 0.0261. The molecule has 0 aromatic carbocycles. The number of amides is 1. The number of halogens is 1. The summed E-state index contributed by atoms with van der Waals surface area (Å²) in [5.41, 5.74) is 1.92. The third kappa shape index (κ3) is 3.35. The van der Waals surface area contributed by atoms with Gasteiger partial charge >= 0.3 is 0 Å². The number of hydrogen-bond donors (Lipinski definition) is 2. The molecule has 2 N–H and O–H groups in total. The third-order valence-corrected chi connectivity index (χ3v) is 6.32. The van der Waals surface area contributed by atoms with Gasteiger partial charge in [-0.2, -0.15) is 5.10 Å². The van der Waals surface area contributed by atoms with Crippen molar-refractivity contribution in [2.45, 2.75) is 31.8 Å². The summed E-state index contributed by atoms with van der Waals surface area (Å²) in [7, 11) is 0. The maximum atomic E-state index is 13.2. The normalized spacial score (nSPS) is 29.1. The first-order chi connectivity index (χ1) is 13.7. The van der Waals surface area contributed by atoms with Gasteiger partial charge in [-0.15, -0.1) is 0 Å². The fourth-order valence-corrected chi connectivity index (χ4v) is 4.64. The fourth-order valence-electron chi connectivity index (χ4n) is 4.64. The molecule has 8 heteroatoms. The number of hydrogen-bond acceptors (Lipinski definition) is 6. The highest BCUT2D eigenvalue weighted by Crippen LogP contribution is 2.32. The smallest absolute Gasteiger partial charge is 0.276 e. The van der Waals surface area contributed by atoms with E-state index in [2.05, 4.69) is 15.5 Å². The lowest BCUT2D eigenvalue weighted by atomic mass is 9.86. The Balaban J connectivity index is 1.21. The van der Waals surface area contributed by atoms with E-state index in [0.717, 1.165) is 45.6 Å². The highest BCUT2D eigenvalue weighted by molar-refractivity contribution is 6.08. The van der Waals surface area contributed by atoms with E-state index in [4.69, 9.17) is 9.84 Å². The molecule has 1 amide bonds. The van der Waals surface area contributed by atoms with E-state index in [1.807, 2.05) is 11.1 Å². The Hall–Kier alpha value is -2.19. The number of nitrogens with zero attached hydrogens (tertiary/aromatic N) is 3. The fraction of sp³-hybridized carbons (Fsp3) is 0.600. The molecule has 0 bridgehead atoms. The largest absolute Gasteiger partial charge is 0.381 e. The molecule has 4 heterocycles. The Morgan fingerprint density at radius 1 is 1.21 bits per heavy atom. The Kier molecular flexibility index (Phi) is 4.68. The van der Waals surface area contributed by atoms with Gasteiger partial charge in [-0.05, 0) is 25.3 Å². The Morgan fingerprint density at radius 2 is 2.04 bits per heavy atom. The van der Waals surface area contributed by atoms with Crippen molar-refractivity contribution in [3.05, 3.63) is 35.4 Å². The van der Waals surface area contributed by atoms with Crippen LogP contribution in [0.3, 0.4) is 0 Å². The molecular weight excluding hydrogens is 361 g/mol. The van der Waals surface area contributed by atoms with Crippen molar-refractivity contribution in [1.29, 1.82) is 0 Å². The van der Waals surface area contributed by atoms with Crippen molar-refractivity contribution in [3.63, 3.8) is 0 Å². The van der Waals surface area contributed by atoms with Gasteiger partial charge in [0.25, 0.3) is 5.91 Å². The molecule has 1 atom stereocenters. The molecule has 5 aliphatic rings. The first kappa shape index (κ1) is 17.9. The molecule has 2 fully saturated rings. The van der Waals surface area contributed by atoms with Crippen LogP contribution in [-0.2, 0) is 9.53 Å². The van der Waals surface area contributed by atoms with E-state index in [1.54, 1.807) is 12.3 Å². The summed E-state index contributed by atoms with van der Waals surface area (Å²) >= 11 is 0. The van der Waals surface area contributed by atoms with Crippen LogP contribution in [0.25, 0.3) is 0 Å². The number of rotatable bonds is 4. The van der Waals surface area contributed by atoms with Crippen molar-refractivity contribution in [2.75, 3.05) is 32.8 Å². The van der Waals surface area contributed by atoms with Gasteiger partial charge in [-0.3, -0.25) is 9.69 Å². The van der Waals surface area contributed by atoms with Crippen LogP contribution in [0.1, 0.15) is 25.7 Å². The predicted molar refractivity (Wildman–Crippen MR) is 102 cm³/mol. The van der Waals surface area contributed by atoms with E-state index in [1.165, 1.54) is 5.57 Å². The summed E-state index contributed by atoms with van der Waals surface area (Å²) in [6.07, 6.45) is 8.62. The number of nitrogens with one attached hydrogen (secondary N) is 2. The number of carbonyl (C=O) groups excluding carboxylic acids is 1. The summed E-state index contributed by atoms with van der Waals surface area (Å²) in [6, 6.07) is 0. The molecule has 7 nitrogen and oxygen atoms in total. The summed E-state index contributed by atoms with van der Waals surface area (Å²) in [4.78, 5) is 14.8. The minimum Gasteiger partial charge on any atom is -0.381 e. The number of likely N-dealkylation sites (tertiary alicyclic amines) is 1. The second-order valence-corrected chi connectivity index (χ2v) is 8.18. The van der Waals surface area contributed by atoms with Gasteiger partial charge in [0, 0.05) is 50.8 Å². The predicted octanol–water partition coefficient (Wildman–Crippen LogP) is 1.43. The number of amidine groups is 1. The van der Waals surface area contributed by atoms with E-state index < -0.39 is 0 Å². The number of hydrazone groups is 1. The minimum atomic E-state index is -0.0975. The highest BCUT2D eigenvalue weighted by Gasteiger charge is 2.40. The van der Waals surface area contributed by atoms with Crippen molar-refractivity contribution >= 4 is 11.7 Å².